The van der Waals surface area contributed by atoms with Crippen LogP contribution < -0.4 is 5.56 Å². The molecular formula is C13H11BrClNO2. The highest BCUT2D eigenvalue weighted by Gasteiger charge is 2.10. The summed E-state index contributed by atoms with van der Waals surface area (Å²) in [5, 5.41) is 9.78. The second-order valence-corrected chi connectivity index (χ2v) is 5.35. The van der Waals surface area contributed by atoms with Gasteiger partial charge >= 0.3 is 5.56 Å². The molecule has 0 amide bonds. The number of hydrogen-bond donors (Lipinski definition) is 1. The highest BCUT2D eigenvalue weighted by Crippen LogP contribution is 2.16. The molecule has 0 saturated heterocycles. The van der Waals surface area contributed by atoms with Crippen molar-refractivity contribution in [1.82, 2.24) is 4.73 Å². The van der Waals surface area contributed by atoms with Crippen LogP contribution in [0.5, 0.6) is 0 Å². The van der Waals surface area contributed by atoms with Crippen molar-refractivity contribution in [2.45, 2.75) is 13.3 Å². The van der Waals surface area contributed by atoms with E-state index in [0.717, 1.165) is 10.0 Å². The molecule has 0 aliphatic rings. The maximum atomic E-state index is 11.6. The number of benzene rings is 1. The summed E-state index contributed by atoms with van der Waals surface area (Å²) in [4.78, 5) is 11.6. The molecule has 1 N–H and O–H groups in total. The number of nitrogens with zero attached hydrogens (tertiary/aromatic N) is 1. The van der Waals surface area contributed by atoms with E-state index in [1.807, 2.05) is 24.3 Å². The van der Waals surface area contributed by atoms with Gasteiger partial charge in [-0.2, -0.15) is 4.73 Å². The number of hydrogen-bond acceptors (Lipinski definition) is 2. The lowest BCUT2D eigenvalue weighted by atomic mass is 10.1. The molecule has 0 unspecified atom stereocenters. The molecule has 0 radical (unpaired) electrons. The second kappa shape index (κ2) is 5.16. The van der Waals surface area contributed by atoms with Gasteiger partial charge in [-0.25, -0.2) is 0 Å². The summed E-state index contributed by atoms with van der Waals surface area (Å²) in [6.07, 6.45) is 0.469. The van der Waals surface area contributed by atoms with Crippen LogP contribution in [0.15, 0.2) is 39.6 Å². The highest BCUT2D eigenvalue weighted by molar-refractivity contribution is 9.10. The summed E-state index contributed by atoms with van der Waals surface area (Å²) in [6.45, 7) is 1.74. The van der Waals surface area contributed by atoms with E-state index in [1.165, 1.54) is 0 Å². The summed E-state index contributed by atoms with van der Waals surface area (Å²) in [7, 11) is 0. The average Bonchev–Trinajstić information content (AvgIpc) is 2.36. The Morgan fingerprint density at radius 2 is 1.94 bits per heavy atom. The fourth-order valence-electron chi connectivity index (χ4n) is 1.70. The van der Waals surface area contributed by atoms with Gasteiger partial charge in [0.15, 0.2) is 0 Å². The van der Waals surface area contributed by atoms with Gasteiger partial charge in [0.25, 0.3) is 0 Å². The van der Waals surface area contributed by atoms with E-state index in [2.05, 4.69) is 15.9 Å². The monoisotopic (exact) mass is 327 g/mol. The third-order valence-corrected chi connectivity index (χ3v) is 3.67. The zero-order chi connectivity index (χ0) is 13.3. The molecule has 0 bridgehead atoms. The lowest BCUT2D eigenvalue weighted by molar-refractivity contribution is 0.166. The van der Waals surface area contributed by atoms with Crippen LogP contribution in [0.4, 0.5) is 0 Å². The van der Waals surface area contributed by atoms with E-state index in [4.69, 9.17) is 11.6 Å². The Balaban J connectivity index is 2.41. The SMILES string of the molecule is Cc1cc(Cc2ccc(Br)cc2)n(O)c(=O)c1Cl. The first kappa shape index (κ1) is 13.2. The predicted molar refractivity (Wildman–Crippen MR) is 74.6 cm³/mol. The summed E-state index contributed by atoms with van der Waals surface area (Å²) < 4.78 is 1.59. The fraction of sp³-hybridized carbons (Fsp3) is 0.154. The molecule has 5 heteroatoms. The van der Waals surface area contributed by atoms with Gasteiger partial charge in [-0.15, -0.1) is 0 Å². The maximum Gasteiger partial charge on any atom is 0.302 e. The number of rotatable bonds is 2. The van der Waals surface area contributed by atoms with Crippen LogP contribution in [-0.4, -0.2) is 9.94 Å². The fourth-order valence-corrected chi connectivity index (χ4v) is 2.10. The van der Waals surface area contributed by atoms with E-state index in [1.54, 1.807) is 13.0 Å². The van der Waals surface area contributed by atoms with E-state index < -0.39 is 5.56 Å². The highest BCUT2D eigenvalue weighted by atomic mass is 79.9. The normalized spacial score (nSPS) is 10.6. The molecule has 0 spiro atoms. The number of aromatic nitrogens is 1. The molecule has 1 aromatic carbocycles. The van der Waals surface area contributed by atoms with Crippen LogP contribution in [0.1, 0.15) is 16.8 Å². The standard InChI is InChI=1S/C13H11BrClNO2/c1-8-6-11(16(18)13(17)12(8)15)7-9-2-4-10(14)5-3-9/h2-6,18H,7H2,1H3. The Morgan fingerprint density at radius 3 is 2.56 bits per heavy atom. The van der Waals surface area contributed by atoms with Gasteiger partial charge in [-0.1, -0.05) is 39.7 Å². The minimum Gasteiger partial charge on any atom is -0.425 e. The Hall–Kier alpha value is -1.26. The Morgan fingerprint density at radius 1 is 1.33 bits per heavy atom. The van der Waals surface area contributed by atoms with Gasteiger partial charge in [0.2, 0.25) is 0 Å². The van der Waals surface area contributed by atoms with Gasteiger partial charge < -0.3 is 5.21 Å². The summed E-state index contributed by atoms with van der Waals surface area (Å²) in [6, 6.07) is 9.40. The lowest BCUT2D eigenvalue weighted by Gasteiger charge is -2.09. The molecule has 1 aromatic heterocycles. The zero-order valence-corrected chi connectivity index (χ0v) is 12.0. The van der Waals surface area contributed by atoms with Crippen molar-refractivity contribution in [2.75, 3.05) is 0 Å². The number of pyridine rings is 1. The summed E-state index contributed by atoms with van der Waals surface area (Å²) in [5.41, 5.74) is 1.61. The molecule has 1 heterocycles. The van der Waals surface area contributed by atoms with Crippen molar-refractivity contribution in [3.05, 3.63) is 67.0 Å². The third kappa shape index (κ3) is 2.60. The molecule has 18 heavy (non-hydrogen) atoms. The quantitative estimate of drug-likeness (QED) is 0.859. The van der Waals surface area contributed by atoms with Crippen molar-refractivity contribution >= 4 is 27.5 Å². The van der Waals surface area contributed by atoms with Crippen LogP contribution in [0, 0.1) is 6.92 Å². The van der Waals surface area contributed by atoms with E-state index in [-0.39, 0.29) is 5.02 Å². The molecule has 2 aromatic rings. The van der Waals surface area contributed by atoms with Crippen LogP contribution in [0.2, 0.25) is 5.02 Å². The molecule has 0 fully saturated rings. The summed E-state index contributed by atoms with van der Waals surface area (Å²) in [5.74, 6) is 0. The smallest absolute Gasteiger partial charge is 0.302 e. The van der Waals surface area contributed by atoms with E-state index >= 15 is 0 Å². The molecule has 3 nitrogen and oxygen atoms in total. The van der Waals surface area contributed by atoms with Crippen molar-refractivity contribution in [2.24, 2.45) is 0 Å². The zero-order valence-electron chi connectivity index (χ0n) is 9.65. The topological polar surface area (TPSA) is 42.2 Å². The second-order valence-electron chi connectivity index (χ2n) is 4.05. The van der Waals surface area contributed by atoms with Gasteiger partial charge in [-0.3, -0.25) is 4.79 Å². The summed E-state index contributed by atoms with van der Waals surface area (Å²) >= 11 is 9.14. The van der Waals surface area contributed by atoms with Crippen molar-refractivity contribution in [3.8, 4) is 0 Å². The van der Waals surface area contributed by atoms with Gasteiger partial charge in [-0.05, 0) is 36.2 Å². The largest absolute Gasteiger partial charge is 0.425 e. The predicted octanol–water partition coefficient (Wildman–Crippen LogP) is 3.40. The Bertz CT molecular complexity index is 635. The first-order chi connectivity index (χ1) is 8.49. The molecule has 0 aliphatic carbocycles. The molecule has 0 atom stereocenters. The maximum absolute atomic E-state index is 11.6. The minimum absolute atomic E-state index is 0.0528. The molecule has 0 aliphatic heterocycles. The Labute approximate surface area is 118 Å². The van der Waals surface area contributed by atoms with E-state index in [0.29, 0.717) is 22.4 Å². The van der Waals surface area contributed by atoms with Gasteiger partial charge in [0.1, 0.15) is 5.02 Å². The molecule has 2 rings (SSSR count). The van der Waals surface area contributed by atoms with Gasteiger partial charge in [0, 0.05) is 10.9 Å². The van der Waals surface area contributed by atoms with Crippen LogP contribution in [-0.2, 0) is 6.42 Å². The van der Waals surface area contributed by atoms with Gasteiger partial charge in [0.05, 0.1) is 5.69 Å². The van der Waals surface area contributed by atoms with Crippen molar-refractivity contribution in [1.29, 1.82) is 0 Å². The average molecular weight is 329 g/mol. The van der Waals surface area contributed by atoms with Crippen molar-refractivity contribution < 1.29 is 5.21 Å². The van der Waals surface area contributed by atoms with Crippen LogP contribution in [0.3, 0.4) is 0 Å². The number of halogens is 2. The molecular weight excluding hydrogens is 318 g/mol. The number of aryl methyl sites for hydroxylation is 1. The molecule has 0 saturated carbocycles. The van der Waals surface area contributed by atoms with Crippen molar-refractivity contribution in [3.63, 3.8) is 0 Å². The third-order valence-electron chi connectivity index (χ3n) is 2.68. The first-order valence-corrected chi connectivity index (χ1v) is 6.51. The van der Waals surface area contributed by atoms with E-state index in [9.17, 15) is 10.0 Å². The molecule has 94 valence electrons. The minimum atomic E-state index is -0.580. The Kier molecular flexibility index (Phi) is 3.78. The van der Waals surface area contributed by atoms with Crippen LogP contribution >= 0.6 is 27.5 Å². The lowest BCUT2D eigenvalue weighted by Crippen LogP contribution is -2.22. The van der Waals surface area contributed by atoms with Crippen LogP contribution in [0.25, 0.3) is 0 Å². The first-order valence-electron chi connectivity index (χ1n) is 5.34.